The maximum Gasteiger partial charge on any atom is 0.0782 e. The van der Waals surface area contributed by atoms with Crippen LogP contribution in [0, 0.1) is 0 Å². The van der Waals surface area contributed by atoms with E-state index in [1.54, 1.807) is 0 Å². The second-order valence-electron chi connectivity index (χ2n) is 15.9. The lowest BCUT2D eigenvalue weighted by Crippen LogP contribution is -2.41. The van der Waals surface area contributed by atoms with Crippen molar-refractivity contribution < 1.29 is 4.48 Å². The lowest BCUT2D eigenvalue weighted by molar-refractivity contribution is -0.890. The molecule has 1 nitrogen and oxygen atoms in total. The van der Waals surface area contributed by atoms with E-state index in [1.165, 1.54) is 241 Å². The first-order valence-electron chi connectivity index (χ1n) is 21.5. The topological polar surface area (TPSA) is 0 Å². The molecule has 0 bridgehead atoms. The van der Waals surface area contributed by atoms with Crippen LogP contribution in [0.15, 0.2) is 30.3 Å². The highest BCUT2D eigenvalue weighted by Crippen LogP contribution is 2.17. The molecule has 0 aliphatic carbocycles. The van der Waals surface area contributed by atoms with E-state index in [2.05, 4.69) is 51.4 Å². The lowest BCUT2D eigenvalue weighted by atomic mass is 10.0. The van der Waals surface area contributed by atoms with Crippen molar-refractivity contribution in [1.29, 1.82) is 0 Å². The molecule has 0 amide bonds. The molecule has 0 fully saturated rings. The summed E-state index contributed by atoms with van der Waals surface area (Å²) < 4.78 is 1.24. The van der Waals surface area contributed by atoms with Gasteiger partial charge in [-0.3, -0.25) is 0 Å². The number of rotatable bonds is 37. The van der Waals surface area contributed by atoms with E-state index in [-0.39, 0.29) is 0 Å². The van der Waals surface area contributed by atoms with Gasteiger partial charge in [-0.2, -0.15) is 0 Å². The minimum atomic E-state index is 1.24. The molecule has 0 saturated carbocycles. The zero-order valence-electron chi connectivity index (χ0n) is 32.3. The molecule has 1 rings (SSSR count). The molecule has 1 aromatic carbocycles. The van der Waals surface area contributed by atoms with Crippen LogP contribution in [0.3, 0.4) is 0 Å². The van der Waals surface area contributed by atoms with Crippen molar-refractivity contribution in [3.05, 3.63) is 35.9 Å². The van der Waals surface area contributed by atoms with Crippen molar-refractivity contribution in [1.82, 2.24) is 0 Å². The van der Waals surface area contributed by atoms with Crippen LogP contribution in [0.1, 0.15) is 224 Å². The minimum Gasteiger partial charge on any atom is -0.328 e. The van der Waals surface area contributed by atoms with E-state index < -0.39 is 0 Å². The molecule has 0 atom stereocenters. The van der Waals surface area contributed by atoms with E-state index in [4.69, 9.17) is 0 Å². The van der Waals surface area contributed by atoms with Gasteiger partial charge in [0.05, 0.1) is 27.2 Å². The van der Waals surface area contributed by atoms with Crippen molar-refractivity contribution in [3.8, 4) is 0 Å². The zero-order valence-corrected chi connectivity index (χ0v) is 32.3. The molecule has 0 radical (unpaired) electrons. The summed E-state index contributed by atoms with van der Waals surface area (Å²) in [6.45, 7) is 5.07. The normalized spacial score (nSPS) is 11.9. The summed E-state index contributed by atoms with van der Waals surface area (Å²) in [6.07, 6.45) is 49.4. The summed E-state index contributed by atoms with van der Waals surface area (Å²) in [7, 11) is 4.94. The third kappa shape index (κ3) is 31.8. The van der Waals surface area contributed by atoms with Gasteiger partial charge in [0, 0.05) is 0 Å². The number of quaternary nitrogens is 1. The summed E-state index contributed by atoms with van der Waals surface area (Å²) >= 11 is 0. The van der Waals surface area contributed by atoms with Crippen LogP contribution in [-0.2, 0) is 6.42 Å². The van der Waals surface area contributed by atoms with Crippen molar-refractivity contribution in [3.63, 3.8) is 0 Å². The number of hydrogen-bond acceptors (Lipinski definition) is 0. The van der Waals surface area contributed by atoms with Crippen LogP contribution >= 0.6 is 0 Å². The quantitative estimate of drug-likeness (QED) is 0.0501. The molecule has 0 aromatic heterocycles. The number of nitrogens with zero attached hydrogens (tertiary/aromatic N) is 1. The summed E-state index contributed by atoms with van der Waals surface area (Å²) in [5.74, 6) is 0. The number of aryl methyl sites for hydroxylation is 1. The van der Waals surface area contributed by atoms with Gasteiger partial charge in [0.25, 0.3) is 0 Å². The Kier molecular flexibility index (Phi) is 32.0. The molecule has 1 aromatic rings. The van der Waals surface area contributed by atoms with Crippen LogP contribution in [-0.4, -0.2) is 31.7 Å². The van der Waals surface area contributed by atoms with Gasteiger partial charge in [0.15, 0.2) is 0 Å². The van der Waals surface area contributed by atoms with E-state index >= 15 is 0 Å². The van der Waals surface area contributed by atoms with Gasteiger partial charge in [-0.15, -0.1) is 0 Å². The molecular weight excluding hydrogens is 555 g/mol. The van der Waals surface area contributed by atoms with Crippen LogP contribution in [0.25, 0.3) is 0 Å². The van der Waals surface area contributed by atoms with E-state index in [9.17, 15) is 0 Å². The molecule has 0 unspecified atom stereocenters. The van der Waals surface area contributed by atoms with Crippen molar-refractivity contribution in [2.45, 2.75) is 225 Å². The van der Waals surface area contributed by atoms with E-state index in [0.29, 0.717) is 0 Å². The van der Waals surface area contributed by atoms with Crippen LogP contribution in [0.4, 0.5) is 0 Å². The van der Waals surface area contributed by atoms with Gasteiger partial charge < -0.3 is 4.48 Å². The Balaban J connectivity index is 1.72. The maximum atomic E-state index is 2.47. The standard InChI is InChI=1S/C45H86N/c1-4-5-6-7-8-9-10-11-12-17-20-23-26-29-32-38-43-46(2,3)44-39-33-30-27-24-21-18-15-13-14-16-19-22-25-28-31-35-40-45-41-36-34-37-42-45/h34,36-37,41-42H,4-33,35,38-40,43-44H2,1-3H3/q+1. The first-order chi connectivity index (χ1) is 22.6. The highest BCUT2D eigenvalue weighted by molar-refractivity contribution is 5.14. The number of unbranched alkanes of at least 4 members (excludes halogenated alkanes) is 31. The number of benzene rings is 1. The van der Waals surface area contributed by atoms with Gasteiger partial charge in [-0.05, 0) is 44.1 Å². The van der Waals surface area contributed by atoms with Crippen molar-refractivity contribution >= 4 is 0 Å². The maximum absolute atomic E-state index is 2.47. The van der Waals surface area contributed by atoms with Gasteiger partial charge in [0.1, 0.15) is 0 Å². The molecule has 46 heavy (non-hydrogen) atoms. The Morgan fingerprint density at radius 3 is 0.891 bits per heavy atom. The fourth-order valence-corrected chi connectivity index (χ4v) is 7.37. The average Bonchev–Trinajstić information content (AvgIpc) is 3.06. The highest BCUT2D eigenvalue weighted by Gasteiger charge is 2.13. The predicted molar refractivity (Wildman–Crippen MR) is 210 cm³/mol. The SMILES string of the molecule is CCCCCCCCCCCCCCCCCC[N+](C)(C)CCCCCCCCCCCCCCCCCCCc1ccccc1. The van der Waals surface area contributed by atoms with Crippen molar-refractivity contribution in [2.75, 3.05) is 27.2 Å². The molecular formula is C45H86N+. The first kappa shape index (κ1) is 43.2. The fraction of sp³-hybridized carbons (Fsp3) is 0.867. The number of hydrogen-bond donors (Lipinski definition) is 0. The molecule has 0 heterocycles. The smallest absolute Gasteiger partial charge is 0.0782 e. The molecule has 1 heteroatoms. The Labute approximate surface area is 292 Å². The van der Waals surface area contributed by atoms with Crippen molar-refractivity contribution in [2.24, 2.45) is 0 Å². The molecule has 0 spiro atoms. The molecule has 0 N–H and O–H groups in total. The predicted octanol–water partition coefficient (Wildman–Crippen LogP) is 15.2. The average molecular weight is 641 g/mol. The molecule has 0 saturated heterocycles. The molecule has 0 aliphatic rings. The summed E-state index contributed by atoms with van der Waals surface area (Å²) in [5.41, 5.74) is 1.51. The monoisotopic (exact) mass is 641 g/mol. The third-order valence-electron chi connectivity index (χ3n) is 10.7. The molecule has 0 aliphatic heterocycles. The minimum absolute atomic E-state index is 1.24. The van der Waals surface area contributed by atoms with Crippen LogP contribution < -0.4 is 0 Å². The Hall–Kier alpha value is -0.820. The Morgan fingerprint density at radius 1 is 0.326 bits per heavy atom. The third-order valence-corrected chi connectivity index (χ3v) is 10.7. The largest absolute Gasteiger partial charge is 0.328 e. The zero-order chi connectivity index (χ0) is 33.1. The van der Waals surface area contributed by atoms with Crippen LogP contribution in [0.2, 0.25) is 0 Å². The summed E-state index contributed by atoms with van der Waals surface area (Å²) in [6, 6.07) is 11.0. The highest BCUT2D eigenvalue weighted by atomic mass is 15.3. The molecule has 270 valence electrons. The van der Waals surface area contributed by atoms with E-state index in [0.717, 1.165) is 0 Å². The van der Waals surface area contributed by atoms with E-state index in [1.807, 2.05) is 0 Å². The Bertz CT molecular complexity index is 694. The summed E-state index contributed by atoms with van der Waals surface area (Å²) in [5, 5.41) is 0. The van der Waals surface area contributed by atoms with Crippen LogP contribution in [0.5, 0.6) is 0 Å². The van der Waals surface area contributed by atoms with Gasteiger partial charge in [0.2, 0.25) is 0 Å². The van der Waals surface area contributed by atoms with Gasteiger partial charge >= 0.3 is 0 Å². The van der Waals surface area contributed by atoms with Gasteiger partial charge in [-0.25, -0.2) is 0 Å². The lowest BCUT2D eigenvalue weighted by Gasteiger charge is -2.30. The fourth-order valence-electron chi connectivity index (χ4n) is 7.37. The second kappa shape index (κ2) is 34.1. The second-order valence-corrected chi connectivity index (χ2v) is 15.9. The van der Waals surface area contributed by atoms with Gasteiger partial charge in [-0.1, -0.05) is 217 Å². The first-order valence-corrected chi connectivity index (χ1v) is 21.5. The Morgan fingerprint density at radius 2 is 0.587 bits per heavy atom. The summed E-state index contributed by atoms with van der Waals surface area (Å²) in [4.78, 5) is 0.